The van der Waals surface area contributed by atoms with E-state index in [4.69, 9.17) is 10.7 Å². The molecule has 1 atom stereocenters. The minimum absolute atomic E-state index is 0.126. The van der Waals surface area contributed by atoms with Gasteiger partial charge in [0.1, 0.15) is 17.6 Å². The summed E-state index contributed by atoms with van der Waals surface area (Å²) < 4.78 is 13.8. The van der Waals surface area contributed by atoms with Gasteiger partial charge in [-0.2, -0.15) is 4.98 Å². The van der Waals surface area contributed by atoms with E-state index >= 15 is 0 Å². The highest BCUT2D eigenvalue weighted by molar-refractivity contribution is 5.97. The van der Waals surface area contributed by atoms with Crippen LogP contribution in [0.5, 0.6) is 0 Å². The second-order valence-corrected chi connectivity index (χ2v) is 10.0. The molecular formula is C24H39FN6O2. The second kappa shape index (κ2) is 11.0. The van der Waals surface area contributed by atoms with Crippen molar-refractivity contribution >= 4 is 17.7 Å². The Balaban J connectivity index is 1.58. The Bertz CT molecular complexity index is 791. The molecule has 2 saturated carbocycles. The van der Waals surface area contributed by atoms with Crippen molar-refractivity contribution in [2.24, 2.45) is 11.7 Å². The molecule has 1 saturated heterocycles. The number of carbonyl (C=O) groups excluding carboxylic acids is 1. The lowest BCUT2D eigenvalue weighted by Crippen LogP contribution is -2.51. The minimum Gasteiger partial charge on any atom is -0.393 e. The fraction of sp³-hybridized carbons (Fsp3) is 0.792. The third-order valence-electron chi connectivity index (χ3n) is 7.43. The molecule has 1 aromatic heterocycles. The minimum atomic E-state index is -0.986. The second-order valence-electron chi connectivity index (χ2n) is 10.0. The highest BCUT2D eigenvalue weighted by Crippen LogP contribution is 2.35. The number of piperidine rings is 1. The lowest BCUT2D eigenvalue weighted by atomic mass is 9.89. The molecule has 9 heteroatoms. The Hall–Kier alpha value is -2.00. The molecule has 1 amide bonds. The first kappa shape index (κ1) is 24.1. The van der Waals surface area contributed by atoms with Gasteiger partial charge in [-0.1, -0.05) is 6.92 Å². The van der Waals surface area contributed by atoms with E-state index in [1.165, 1.54) is 25.6 Å². The molecule has 33 heavy (non-hydrogen) atoms. The molecule has 0 aromatic carbocycles. The maximum Gasteiger partial charge on any atom is 0.254 e. The number of anilines is 2. The van der Waals surface area contributed by atoms with Gasteiger partial charge in [-0.05, 0) is 63.7 Å². The van der Waals surface area contributed by atoms with Crippen LogP contribution >= 0.6 is 0 Å². The zero-order chi connectivity index (χ0) is 23.4. The number of aliphatic hydroxyl groups excluding tert-OH is 1. The number of primary amides is 1. The first-order valence-electron chi connectivity index (χ1n) is 12.7. The Morgan fingerprint density at radius 2 is 1.88 bits per heavy atom. The number of halogens is 1. The van der Waals surface area contributed by atoms with E-state index in [-0.39, 0.29) is 24.7 Å². The summed E-state index contributed by atoms with van der Waals surface area (Å²) in [6, 6.07) is 0.421. The third kappa shape index (κ3) is 6.32. The summed E-state index contributed by atoms with van der Waals surface area (Å²) in [4.78, 5) is 26.1. The number of nitrogens with zero attached hydrogens (tertiary/aromatic N) is 4. The van der Waals surface area contributed by atoms with E-state index in [9.17, 15) is 14.3 Å². The van der Waals surface area contributed by atoms with E-state index in [0.29, 0.717) is 23.8 Å². The fourth-order valence-electron chi connectivity index (χ4n) is 5.20. The predicted molar refractivity (Wildman–Crippen MR) is 127 cm³/mol. The maximum absolute atomic E-state index is 13.8. The topological polar surface area (TPSA) is 108 Å². The van der Waals surface area contributed by atoms with Gasteiger partial charge in [0.2, 0.25) is 5.95 Å². The summed E-state index contributed by atoms with van der Waals surface area (Å²) in [5.41, 5.74) is 6.04. The molecule has 0 bridgehead atoms. The highest BCUT2D eigenvalue weighted by atomic mass is 19.1. The van der Waals surface area contributed by atoms with Crippen LogP contribution in [0.1, 0.15) is 75.1 Å². The maximum atomic E-state index is 13.8. The number of nitrogens with one attached hydrogen (secondary N) is 1. The standard InChI is InChI=1S/C24H39FN6O2/c1-2-17(25)13-27-24-28-14-21(22(26)33)23(29-24)31(18-5-7-20(32)8-6-18)19-9-11-30(12-10-19)15-16-3-4-16/h14,16-20,32H,2-13,15H2,1H3,(H2,26,33)(H,27,28,29)/t17-,18?,20?/m0/s1. The molecule has 0 unspecified atom stereocenters. The van der Waals surface area contributed by atoms with Crippen molar-refractivity contribution in [2.45, 2.75) is 89.1 Å². The number of hydrogen-bond acceptors (Lipinski definition) is 7. The van der Waals surface area contributed by atoms with Crippen LogP contribution in [0.15, 0.2) is 6.20 Å². The first-order valence-corrected chi connectivity index (χ1v) is 12.7. The predicted octanol–water partition coefficient (Wildman–Crippen LogP) is 2.72. The average Bonchev–Trinajstić information content (AvgIpc) is 3.64. The Kier molecular flexibility index (Phi) is 8.01. The third-order valence-corrected chi connectivity index (χ3v) is 7.43. The number of aromatic nitrogens is 2. The summed E-state index contributed by atoms with van der Waals surface area (Å²) in [5, 5.41) is 13.1. The lowest BCUT2D eigenvalue weighted by molar-refractivity contribution is 0.0997. The van der Waals surface area contributed by atoms with Gasteiger partial charge in [-0.15, -0.1) is 0 Å². The summed E-state index contributed by atoms with van der Waals surface area (Å²) >= 11 is 0. The number of amides is 1. The molecule has 0 radical (unpaired) electrons. The van der Waals surface area contributed by atoms with Crippen molar-refractivity contribution in [1.82, 2.24) is 14.9 Å². The summed E-state index contributed by atoms with van der Waals surface area (Å²) in [5.74, 6) is 1.18. The first-order chi connectivity index (χ1) is 15.9. The van der Waals surface area contributed by atoms with Crippen molar-refractivity contribution in [2.75, 3.05) is 36.4 Å². The Morgan fingerprint density at radius 3 is 2.48 bits per heavy atom. The number of rotatable bonds is 10. The van der Waals surface area contributed by atoms with Crippen molar-refractivity contribution in [3.63, 3.8) is 0 Å². The van der Waals surface area contributed by atoms with Gasteiger partial charge in [0, 0.05) is 44.5 Å². The summed E-state index contributed by atoms with van der Waals surface area (Å²) in [6.45, 7) is 5.19. The molecule has 1 aliphatic heterocycles. The Labute approximate surface area is 196 Å². The average molecular weight is 463 g/mol. The van der Waals surface area contributed by atoms with Gasteiger partial charge >= 0.3 is 0 Å². The SMILES string of the molecule is CC[C@H](F)CNc1ncc(C(N)=O)c(N(C2CCC(O)CC2)C2CCN(CC3CC3)CC2)n1. The van der Waals surface area contributed by atoms with Crippen LogP contribution in [0.25, 0.3) is 0 Å². The van der Waals surface area contributed by atoms with Crippen LogP contribution in [-0.2, 0) is 0 Å². The van der Waals surface area contributed by atoms with E-state index in [1.807, 2.05) is 0 Å². The molecule has 3 aliphatic rings. The quantitative estimate of drug-likeness (QED) is 0.491. The molecule has 3 fully saturated rings. The van der Waals surface area contributed by atoms with Crippen LogP contribution in [0.3, 0.4) is 0 Å². The van der Waals surface area contributed by atoms with Gasteiger partial charge in [0.05, 0.1) is 6.10 Å². The normalized spacial score (nSPS) is 25.5. The highest BCUT2D eigenvalue weighted by Gasteiger charge is 2.36. The molecule has 2 heterocycles. The van der Waals surface area contributed by atoms with E-state index in [2.05, 4.69) is 20.1 Å². The lowest BCUT2D eigenvalue weighted by Gasteiger charge is -2.45. The molecule has 8 nitrogen and oxygen atoms in total. The van der Waals surface area contributed by atoms with E-state index in [0.717, 1.165) is 57.5 Å². The zero-order valence-corrected chi connectivity index (χ0v) is 19.8. The molecular weight excluding hydrogens is 423 g/mol. The number of aliphatic hydroxyl groups is 1. The van der Waals surface area contributed by atoms with Crippen molar-refractivity contribution in [3.05, 3.63) is 11.8 Å². The number of likely N-dealkylation sites (tertiary alicyclic amines) is 1. The largest absolute Gasteiger partial charge is 0.393 e. The van der Waals surface area contributed by atoms with Crippen molar-refractivity contribution in [1.29, 1.82) is 0 Å². The van der Waals surface area contributed by atoms with Gasteiger partial charge in [-0.25, -0.2) is 9.37 Å². The van der Waals surface area contributed by atoms with Gasteiger partial charge < -0.3 is 26.0 Å². The van der Waals surface area contributed by atoms with Crippen LogP contribution in [0.2, 0.25) is 0 Å². The van der Waals surface area contributed by atoms with Crippen molar-refractivity contribution < 1.29 is 14.3 Å². The fourth-order valence-corrected chi connectivity index (χ4v) is 5.20. The summed E-state index contributed by atoms with van der Waals surface area (Å²) in [7, 11) is 0. The molecule has 1 aromatic rings. The zero-order valence-electron chi connectivity index (χ0n) is 19.8. The van der Waals surface area contributed by atoms with Crippen LogP contribution in [0, 0.1) is 5.92 Å². The van der Waals surface area contributed by atoms with Gasteiger partial charge in [0.25, 0.3) is 5.91 Å². The number of nitrogens with two attached hydrogens (primary N) is 1. The Morgan fingerprint density at radius 1 is 1.21 bits per heavy atom. The molecule has 0 spiro atoms. The number of hydrogen-bond donors (Lipinski definition) is 3. The van der Waals surface area contributed by atoms with Crippen LogP contribution in [0.4, 0.5) is 16.2 Å². The van der Waals surface area contributed by atoms with Crippen molar-refractivity contribution in [3.8, 4) is 0 Å². The number of carbonyl (C=O) groups is 1. The van der Waals surface area contributed by atoms with Gasteiger partial charge in [0.15, 0.2) is 0 Å². The smallest absolute Gasteiger partial charge is 0.254 e. The molecule has 2 aliphatic carbocycles. The van der Waals surface area contributed by atoms with E-state index in [1.54, 1.807) is 6.92 Å². The summed E-state index contributed by atoms with van der Waals surface area (Å²) in [6.07, 6.45) is 8.50. The monoisotopic (exact) mass is 462 g/mol. The molecule has 4 rings (SSSR count). The molecule has 4 N–H and O–H groups in total. The number of alkyl halides is 1. The molecule has 184 valence electrons. The van der Waals surface area contributed by atoms with Crippen LogP contribution in [-0.4, -0.2) is 76.4 Å². The van der Waals surface area contributed by atoms with Crippen LogP contribution < -0.4 is 16.0 Å². The van der Waals surface area contributed by atoms with Gasteiger partial charge in [-0.3, -0.25) is 4.79 Å². The van der Waals surface area contributed by atoms with E-state index < -0.39 is 12.1 Å².